The lowest BCUT2D eigenvalue weighted by Gasteiger charge is -2.33. The number of rotatable bonds is 8. The number of pyridine rings is 1. The first-order chi connectivity index (χ1) is 14.5. The number of hydrogen-bond acceptors (Lipinski definition) is 4. The van der Waals surface area contributed by atoms with E-state index < -0.39 is 0 Å². The van der Waals surface area contributed by atoms with Crippen LogP contribution >= 0.6 is 0 Å². The van der Waals surface area contributed by atoms with E-state index in [-0.39, 0.29) is 5.91 Å². The summed E-state index contributed by atoms with van der Waals surface area (Å²) >= 11 is 0. The van der Waals surface area contributed by atoms with Crippen molar-refractivity contribution in [3.05, 3.63) is 58.9 Å². The van der Waals surface area contributed by atoms with E-state index in [1.807, 2.05) is 30.9 Å². The van der Waals surface area contributed by atoms with Gasteiger partial charge in [0.15, 0.2) is 0 Å². The van der Waals surface area contributed by atoms with Gasteiger partial charge in [-0.15, -0.1) is 0 Å². The lowest BCUT2D eigenvalue weighted by Crippen LogP contribution is -2.43. The zero-order valence-electron chi connectivity index (χ0n) is 18.9. The van der Waals surface area contributed by atoms with Gasteiger partial charge in [-0.1, -0.05) is 12.1 Å². The Kier molecular flexibility index (Phi) is 7.86. The minimum Gasteiger partial charge on any atom is -0.497 e. The molecule has 30 heavy (non-hydrogen) atoms. The molecule has 0 unspecified atom stereocenters. The number of hydrogen-bond donors (Lipinski definition) is 0. The molecule has 1 aromatic carbocycles. The summed E-state index contributed by atoms with van der Waals surface area (Å²) in [5.41, 5.74) is 4.78. The minimum absolute atomic E-state index is 0.234. The average molecular weight is 410 g/mol. The maximum absolute atomic E-state index is 12.5. The van der Waals surface area contributed by atoms with Gasteiger partial charge in [0, 0.05) is 36.9 Å². The van der Waals surface area contributed by atoms with Gasteiger partial charge in [-0.3, -0.25) is 14.7 Å². The van der Waals surface area contributed by atoms with Crippen LogP contribution in [0.5, 0.6) is 5.75 Å². The molecule has 162 valence electrons. The predicted molar refractivity (Wildman–Crippen MR) is 121 cm³/mol. The van der Waals surface area contributed by atoms with E-state index in [4.69, 9.17) is 9.72 Å². The topological polar surface area (TPSA) is 45.7 Å². The Morgan fingerprint density at radius 1 is 1.17 bits per heavy atom. The molecule has 0 aliphatic carbocycles. The van der Waals surface area contributed by atoms with Crippen molar-refractivity contribution in [2.75, 3.05) is 39.8 Å². The predicted octanol–water partition coefficient (Wildman–Crippen LogP) is 4.04. The van der Waals surface area contributed by atoms with Crippen LogP contribution in [0, 0.1) is 6.92 Å². The highest BCUT2D eigenvalue weighted by molar-refractivity contribution is 5.78. The van der Waals surface area contributed by atoms with Crippen molar-refractivity contribution in [2.45, 2.75) is 46.0 Å². The molecule has 1 aliphatic heterocycles. The van der Waals surface area contributed by atoms with Gasteiger partial charge in [-0.2, -0.15) is 0 Å². The summed E-state index contributed by atoms with van der Waals surface area (Å²) in [6, 6.07) is 12.7. The summed E-state index contributed by atoms with van der Waals surface area (Å²) in [7, 11) is 1.69. The first-order valence-corrected chi connectivity index (χ1v) is 11.1. The van der Waals surface area contributed by atoms with Crippen LogP contribution in [0.25, 0.3) is 0 Å². The maximum atomic E-state index is 12.5. The van der Waals surface area contributed by atoms with Crippen molar-refractivity contribution >= 4 is 5.91 Å². The second kappa shape index (κ2) is 10.6. The van der Waals surface area contributed by atoms with Crippen LogP contribution in [-0.2, 0) is 11.2 Å². The Balaban J connectivity index is 1.69. The molecule has 5 nitrogen and oxygen atoms in total. The fourth-order valence-electron chi connectivity index (χ4n) is 4.37. The fourth-order valence-corrected chi connectivity index (χ4v) is 4.37. The number of nitrogens with zero attached hydrogens (tertiary/aromatic N) is 3. The monoisotopic (exact) mass is 409 g/mol. The summed E-state index contributed by atoms with van der Waals surface area (Å²) in [4.78, 5) is 21.6. The smallest absolute Gasteiger partial charge is 0.236 e. The summed E-state index contributed by atoms with van der Waals surface area (Å²) in [5.74, 6) is 1.50. The zero-order chi connectivity index (χ0) is 21.5. The van der Waals surface area contributed by atoms with E-state index in [0.717, 1.165) is 56.9 Å². The first kappa shape index (κ1) is 22.3. The molecule has 2 heterocycles. The molecule has 3 rings (SSSR count). The lowest BCUT2D eigenvalue weighted by atomic mass is 9.92. The molecule has 1 fully saturated rings. The van der Waals surface area contributed by atoms with Crippen LogP contribution in [0.3, 0.4) is 0 Å². The molecular formula is C25H35N3O2. The number of benzene rings is 1. The number of ether oxygens (including phenoxy) is 1. The molecular weight excluding hydrogens is 374 g/mol. The van der Waals surface area contributed by atoms with Crippen LogP contribution in [0.1, 0.15) is 55.1 Å². The Morgan fingerprint density at radius 2 is 1.90 bits per heavy atom. The largest absolute Gasteiger partial charge is 0.497 e. The average Bonchev–Trinajstić information content (AvgIpc) is 2.75. The molecule has 1 aromatic heterocycles. The van der Waals surface area contributed by atoms with Crippen molar-refractivity contribution in [1.29, 1.82) is 0 Å². The van der Waals surface area contributed by atoms with Gasteiger partial charge in [0.2, 0.25) is 5.91 Å². The third-order valence-corrected chi connectivity index (χ3v) is 6.00. The number of aromatic nitrogens is 1. The highest BCUT2D eigenvalue weighted by Gasteiger charge is 2.25. The molecule has 0 radical (unpaired) electrons. The van der Waals surface area contributed by atoms with Gasteiger partial charge in [-0.05, 0) is 82.0 Å². The van der Waals surface area contributed by atoms with Crippen molar-refractivity contribution < 1.29 is 9.53 Å². The SMILES string of the molecule is CCN(CC)C(=O)CN1CCC[C@H](c2cc(Cc3ccc(OC)cc3)cc(C)n2)C1. The zero-order valence-corrected chi connectivity index (χ0v) is 18.9. The molecule has 0 spiro atoms. The molecule has 1 saturated heterocycles. The van der Waals surface area contributed by atoms with E-state index in [2.05, 4.69) is 36.1 Å². The van der Waals surface area contributed by atoms with Crippen molar-refractivity contribution in [1.82, 2.24) is 14.8 Å². The van der Waals surface area contributed by atoms with Gasteiger partial charge in [0.25, 0.3) is 0 Å². The Bertz CT molecular complexity index is 831. The Morgan fingerprint density at radius 3 is 2.57 bits per heavy atom. The number of aryl methyl sites for hydroxylation is 1. The molecule has 1 atom stereocenters. The second-order valence-corrected chi connectivity index (χ2v) is 8.21. The van der Waals surface area contributed by atoms with E-state index in [1.165, 1.54) is 16.8 Å². The normalized spacial score (nSPS) is 17.0. The van der Waals surface area contributed by atoms with Crippen molar-refractivity contribution in [2.24, 2.45) is 0 Å². The van der Waals surface area contributed by atoms with E-state index in [0.29, 0.717) is 12.5 Å². The molecule has 1 aliphatic rings. The third-order valence-electron chi connectivity index (χ3n) is 6.00. The van der Waals surface area contributed by atoms with Crippen LogP contribution in [0.15, 0.2) is 36.4 Å². The number of methoxy groups -OCH3 is 1. The van der Waals surface area contributed by atoms with Crippen molar-refractivity contribution in [3.63, 3.8) is 0 Å². The summed E-state index contributed by atoms with van der Waals surface area (Å²) < 4.78 is 5.26. The molecule has 0 saturated carbocycles. The molecule has 0 N–H and O–H groups in total. The summed E-state index contributed by atoms with van der Waals surface area (Å²) in [5, 5.41) is 0. The lowest BCUT2D eigenvalue weighted by molar-refractivity contribution is -0.132. The molecule has 0 bridgehead atoms. The van der Waals surface area contributed by atoms with Crippen LogP contribution in [0.2, 0.25) is 0 Å². The third kappa shape index (κ3) is 5.82. The highest BCUT2D eigenvalue weighted by atomic mass is 16.5. The molecule has 2 aromatic rings. The minimum atomic E-state index is 0.234. The van der Waals surface area contributed by atoms with Crippen LogP contribution < -0.4 is 4.74 Å². The van der Waals surface area contributed by atoms with Gasteiger partial charge >= 0.3 is 0 Å². The Hall–Kier alpha value is -2.40. The number of piperidine rings is 1. The second-order valence-electron chi connectivity index (χ2n) is 8.21. The van der Waals surface area contributed by atoms with Crippen LogP contribution in [-0.4, -0.2) is 60.5 Å². The fraction of sp³-hybridized carbons (Fsp3) is 0.520. The quantitative estimate of drug-likeness (QED) is 0.660. The van der Waals surface area contributed by atoms with E-state index in [1.54, 1.807) is 7.11 Å². The first-order valence-electron chi connectivity index (χ1n) is 11.1. The molecule has 5 heteroatoms. The van der Waals surface area contributed by atoms with Gasteiger partial charge in [-0.25, -0.2) is 0 Å². The number of likely N-dealkylation sites (tertiary alicyclic amines) is 1. The van der Waals surface area contributed by atoms with E-state index in [9.17, 15) is 4.79 Å². The summed E-state index contributed by atoms with van der Waals surface area (Å²) in [6.07, 6.45) is 3.13. The number of carbonyl (C=O) groups is 1. The van der Waals surface area contributed by atoms with E-state index >= 15 is 0 Å². The highest BCUT2D eigenvalue weighted by Crippen LogP contribution is 2.27. The number of carbonyl (C=O) groups excluding carboxylic acids is 1. The number of likely N-dealkylation sites (N-methyl/N-ethyl adjacent to an activating group) is 1. The number of amides is 1. The van der Waals surface area contributed by atoms with Gasteiger partial charge in [0.1, 0.15) is 5.75 Å². The standard InChI is InChI=1S/C25H35N3O2/c1-5-28(6-2)25(29)18-27-13-7-8-22(17-27)24-16-21(14-19(3)26-24)15-20-9-11-23(30-4)12-10-20/h9-12,14,16,22H,5-8,13,15,17-18H2,1-4H3/t22-/m0/s1. The maximum Gasteiger partial charge on any atom is 0.236 e. The summed E-state index contributed by atoms with van der Waals surface area (Å²) in [6.45, 7) is 10.1. The van der Waals surface area contributed by atoms with Crippen LogP contribution in [0.4, 0.5) is 0 Å². The van der Waals surface area contributed by atoms with Crippen molar-refractivity contribution in [3.8, 4) is 5.75 Å². The Labute approximate surface area is 181 Å². The van der Waals surface area contributed by atoms with Gasteiger partial charge in [0.05, 0.1) is 13.7 Å². The van der Waals surface area contributed by atoms with Gasteiger partial charge < -0.3 is 9.64 Å². The molecule has 1 amide bonds.